The van der Waals surface area contributed by atoms with Gasteiger partial charge in [-0.1, -0.05) is 26.0 Å². The fourth-order valence-electron chi connectivity index (χ4n) is 2.70. The van der Waals surface area contributed by atoms with E-state index in [0.29, 0.717) is 0 Å². The van der Waals surface area contributed by atoms with E-state index < -0.39 is 10.1 Å². The maximum absolute atomic E-state index is 11.3. The second kappa shape index (κ2) is 3.90. The predicted octanol–water partition coefficient (Wildman–Crippen LogP) is 3.47. The van der Waals surface area contributed by atoms with Crippen molar-refractivity contribution in [2.24, 2.45) is 4.99 Å². The highest BCUT2D eigenvalue weighted by Crippen LogP contribution is 2.44. The molecule has 2 aromatic carbocycles. The van der Waals surface area contributed by atoms with Gasteiger partial charge in [-0.15, -0.1) is 0 Å². The van der Waals surface area contributed by atoms with E-state index in [-0.39, 0.29) is 10.3 Å². The molecule has 5 heteroatoms. The number of fused-ring (bicyclic) bond motifs is 3. The summed E-state index contributed by atoms with van der Waals surface area (Å²) in [4.78, 5) is 4.47. The molecule has 0 saturated carbocycles. The van der Waals surface area contributed by atoms with Gasteiger partial charge in [0.25, 0.3) is 10.1 Å². The Morgan fingerprint density at radius 3 is 2.45 bits per heavy atom. The Hall–Kier alpha value is -1.72. The molecular weight excluding hydrogens is 274 g/mol. The van der Waals surface area contributed by atoms with Crippen LogP contribution in [0.2, 0.25) is 0 Å². The van der Waals surface area contributed by atoms with E-state index >= 15 is 0 Å². The van der Waals surface area contributed by atoms with Crippen molar-refractivity contribution < 1.29 is 13.0 Å². The molecule has 0 saturated heterocycles. The van der Waals surface area contributed by atoms with Crippen molar-refractivity contribution in [1.29, 1.82) is 0 Å². The van der Waals surface area contributed by atoms with Crippen molar-refractivity contribution in [3.05, 3.63) is 35.9 Å². The summed E-state index contributed by atoms with van der Waals surface area (Å²) in [5.41, 5.74) is 2.63. The van der Waals surface area contributed by atoms with Crippen molar-refractivity contribution in [3.8, 4) is 0 Å². The molecule has 2 aromatic rings. The van der Waals surface area contributed by atoms with Crippen LogP contribution in [-0.4, -0.2) is 18.7 Å². The summed E-state index contributed by atoms with van der Waals surface area (Å²) in [7, 11) is -4.20. The van der Waals surface area contributed by atoms with Gasteiger partial charge in [0.1, 0.15) is 0 Å². The Morgan fingerprint density at radius 2 is 1.80 bits per heavy atom. The Kier molecular flexibility index (Phi) is 2.59. The summed E-state index contributed by atoms with van der Waals surface area (Å²) in [6, 6.07) is 8.52. The molecule has 0 unspecified atom stereocenters. The fourth-order valence-corrected chi connectivity index (χ4v) is 3.21. The highest BCUT2D eigenvalue weighted by molar-refractivity contribution is 7.85. The fraction of sp³-hybridized carbons (Fsp3) is 0.267. The molecule has 1 aliphatic rings. The van der Waals surface area contributed by atoms with Crippen LogP contribution in [0.25, 0.3) is 10.8 Å². The Labute approximate surface area is 117 Å². The molecule has 104 valence electrons. The minimum absolute atomic E-state index is 0.0845. The highest BCUT2D eigenvalue weighted by Gasteiger charge is 2.34. The molecule has 0 aliphatic carbocycles. The van der Waals surface area contributed by atoms with Crippen molar-refractivity contribution >= 4 is 32.3 Å². The molecule has 1 heterocycles. The molecule has 0 radical (unpaired) electrons. The first-order chi connectivity index (χ1) is 9.21. The van der Waals surface area contributed by atoms with Gasteiger partial charge in [-0.05, 0) is 41.5 Å². The zero-order valence-corrected chi connectivity index (χ0v) is 12.3. The van der Waals surface area contributed by atoms with Gasteiger partial charge < -0.3 is 0 Å². The summed E-state index contributed by atoms with van der Waals surface area (Å²) in [5.74, 6) is 0. The molecular formula is C15H15NO3S. The van der Waals surface area contributed by atoms with E-state index in [1.54, 1.807) is 6.07 Å². The molecule has 0 spiro atoms. The standard InChI is InChI=1S/C15H15NO3S/c1-9-15(2,3)14-12-8-11(20(17,18)19)6-4-10(12)5-7-13(14)16-9/h4-8H,1-3H3,(H,17,18,19). The minimum Gasteiger partial charge on any atom is -0.282 e. The second-order valence-electron chi connectivity index (χ2n) is 5.64. The van der Waals surface area contributed by atoms with Crippen LogP contribution < -0.4 is 0 Å². The molecule has 0 fully saturated rings. The average Bonchev–Trinajstić information content (AvgIpc) is 2.58. The van der Waals surface area contributed by atoms with Crippen molar-refractivity contribution in [2.75, 3.05) is 0 Å². The first kappa shape index (κ1) is 13.3. The van der Waals surface area contributed by atoms with Gasteiger partial charge in [0.15, 0.2) is 0 Å². The average molecular weight is 289 g/mol. The van der Waals surface area contributed by atoms with Crippen molar-refractivity contribution in [2.45, 2.75) is 31.1 Å². The van der Waals surface area contributed by atoms with Crippen LogP contribution in [0, 0.1) is 0 Å². The second-order valence-corrected chi connectivity index (χ2v) is 7.06. The van der Waals surface area contributed by atoms with Crippen LogP contribution in [0.4, 0.5) is 5.69 Å². The zero-order valence-electron chi connectivity index (χ0n) is 11.5. The van der Waals surface area contributed by atoms with Crippen LogP contribution in [0.3, 0.4) is 0 Å². The van der Waals surface area contributed by atoms with Crippen LogP contribution in [0.5, 0.6) is 0 Å². The molecule has 3 rings (SSSR count). The van der Waals surface area contributed by atoms with Crippen LogP contribution in [0.15, 0.2) is 40.2 Å². The molecule has 1 aliphatic heterocycles. The topological polar surface area (TPSA) is 66.7 Å². The number of benzene rings is 2. The number of hydrogen-bond acceptors (Lipinski definition) is 3. The number of rotatable bonds is 1. The first-order valence-corrected chi connectivity index (χ1v) is 7.76. The van der Waals surface area contributed by atoms with E-state index in [4.69, 9.17) is 0 Å². The largest absolute Gasteiger partial charge is 0.294 e. The third kappa shape index (κ3) is 1.77. The molecule has 1 N–H and O–H groups in total. The summed E-state index contributed by atoms with van der Waals surface area (Å²) in [6.45, 7) is 6.10. The summed E-state index contributed by atoms with van der Waals surface area (Å²) in [5, 5.41) is 1.76. The lowest BCUT2D eigenvalue weighted by atomic mass is 9.80. The molecule has 20 heavy (non-hydrogen) atoms. The van der Waals surface area contributed by atoms with Gasteiger partial charge >= 0.3 is 0 Å². The quantitative estimate of drug-likeness (QED) is 0.817. The molecule has 0 atom stereocenters. The van der Waals surface area contributed by atoms with Crippen LogP contribution >= 0.6 is 0 Å². The summed E-state index contributed by atoms with van der Waals surface area (Å²) >= 11 is 0. The number of nitrogens with zero attached hydrogens (tertiary/aromatic N) is 1. The van der Waals surface area contributed by atoms with Gasteiger partial charge in [-0.2, -0.15) is 8.42 Å². The summed E-state index contributed by atoms with van der Waals surface area (Å²) in [6.07, 6.45) is 0. The minimum atomic E-state index is -4.20. The first-order valence-electron chi connectivity index (χ1n) is 6.32. The maximum atomic E-state index is 11.3. The van der Waals surface area contributed by atoms with Crippen LogP contribution in [-0.2, 0) is 15.5 Å². The van der Waals surface area contributed by atoms with E-state index in [1.165, 1.54) is 12.1 Å². The Bertz CT molecular complexity index is 864. The van der Waals surface area contributed by atoms with Crippen LogP contribution in [0.1, 0.15) is 26.3 Å². The van der Waals surface area contributed by atoms with E-state index in [1.807, 2.05) is 19.1 Å². The molecule has 0 aromatic heterocycles. The van der Waals surface area contributed by atoms with Gasteiger partial charge in [0.05, 0.1) is 10.6 Å². The monoisotopic (exact) mass is 289 g/mol. The summed E-state index contributed by atoms with van der Waals surface area (Å²) < 4.78 is 31.9. The smallest absolute Gasteiger partial charge is 0.282 e. The third-order valence-electron chi connectivity index (χ3n) is 4.09. The van der Waals surface area contributed by atoms with Crippen molar-refractivity contribution in [1.82, 2.24) is 0 Å². The predicted molar refractivity (Wildman–Crippen MR) is 79.6 cm³/mol. The molecule has 0 amide bonds. The normalized spacial score (nSPS) is 17.1. The van der Waals surface area contributed by atoms with E-state index in [2.05, 4.69) is 18.8 Å². The van der Waals surface area contributed by atoms with Gasteiger partial charge in [-0.25, -0.2) is 0 Å². The SMILES string of the molecule is CC1=Nc2ccc3ccc(S(=O)(=O)O)cc3c2C1(C)C. The zero-order chi connectivity index (χ0) is 14.7. The Balaban J connectivity index is 2.41. The lowest BCUT2D eigenvalue weighted by Crippen LogP contribution is -2.23. The molecule has 0 bridgehead atoms. The van der Waals surface area contributed by atoms with E-state index in [0.717, 1.165) is 27.7 Å². The third-order valence-corrected chi connectivity index (χ3v) is 4.94. The number of hydrogen-bond donors (Lipinski definition) is 1. The van der Waals surface area contributed by atoms with Gasteiger partial charge in [0.2, 0.25) is 0 Å². The maximum Gasteiger partial charge on any atom is 0.294 e. The highest BCUT2D eigenvalue weighted by atomic mass is 32.2. The van der Waals surface area contributed by atoms with E-state index in [9.17, 15) is 13.0 Å². The lowest BCUT2D eigenvalue weighted by Gasteiger charge is -2.22. The van der Waals surface area contributed by atoms with Gasteiger partial charge in [0, 0.05) is 11.1 Å². The van der Waals surface area contributed by atoms with Gasteiger partial charge in [-0.3, -0.25) is 9.55 Å². The molecule has 4 nitrogen and oxygen atoms in total. The Morgan fingerprint density at radius 1 is 1.15 bits per heavy atom. The van der Waals surface area contributed by atoms with Crippen molar-refractivity contribution in [3.63, 3.8) is 0 Å². The number of aliphatic imine (C=N–C) groups is 1. The lowest BCUT2D eigenvalue weighted by molar-refractivity contribution is 0.483.